The highest BCUT2D eigenvalue weighted by Crippen LogP contribution is 2.26. The Balaban J connectivity index is 2.43. The van der Waals surface area contributed by atoms with Gasteiger partial charge in [0.25, 0.3) is 0 Å². The monoisotopic (exact) mass is 280 g/mol. The molecular weight excluding hydrogens is 267 g/mol. The Morgan fingerprint density at radius 1 is 1.16 bits per heavy atom. The van der Waals surface area contributed by atoms with Gasteiger partial charge in [-0.25, -0.2) is 14.4 Å². The molecule has 1 heterocycles. The molecule has 100 valence electrons. The van der Waals surface area contributed by atoms with E-state index in [0.717, 1.165) is 5.56 Å². The van der Waals surface area contributed by atoms with Gasteiger partial charge in [0.2, 0.25) is 0 Å². The quantitative estimate of drug-likeness (QED) is 0.901. The molecule has 0 radical (unpaired) electrons. The van der Waals surface area contributed by atoms with Crippen molar-refractivity contribution < 1.29 is 4.39 Å². The van der Waals surface area contributed by atoms with Crippen molar-refractivity contribution in [2.75, 3.05) is 17.7 Å². The first kappa shape index (κ1) is 13.5. The number of nitrogens with one attached hydrogen (secondary N) is 2. The highest BCUT2D eigenvalue weighted by atomic mass is 35.5. The zero-order chi connectivity index (χ0) is 14.0. The van der Waals surface area contributed by atoms with Crippen LogP contribution in [0.25, 0.3) is 0 Å². The molecule has 0 bridgehead atoms. The highest BCUT2D eigenvalue weighted by Gasteiger charge is 2.10. The van der Waals surface area contributed by atoms with E-state index in [1.54, 1.807) is 14.0 Å². The minimum atomic E-state index is -0.383. The standard InChI is InChI=1S/C13H14ClFN4/c1-7-12(16-3)17-8(2)18-13(7)19-11-6-9(14)4-5-10(11)15/h4-6H,1-3H3,(H2,16,17,18,19). The fraction of sp³-hybridized carbons (Fsp3) is 0.231. The molecule has 19 heavy (non-hydrogen) atoms. The van der Waals surface area contributed by atoms with E-state index in [9.17, 15) is 4.39 Å². The molecule has 1 aromatic carbocycles. The number of anilines is 3. The molecule has 6 heteroatoms. The van der Waals surface area contributed by atoms with Gasteiger partial charge in [0, 0.05) is 17.6 Å². The van der Waals surface area contributed by atoms with Crippen LogP contribution in [0.4, 0.5) is 21.7 Å². The van der Waals surface area contributed by atoms with Crippen LogP contribution in [0.15, 0.2) is 18.2 Å². The van der Waals surface area contributed by atoms with Crippen molar-refractivity contribution in [3.63, 3.8) is 0 Å². The zero-order valence-electron chi connectivity index (χ0n) is 10.9. The van der Waals surface area contributed by atoms with Crippen molar-refractivity contribution >= 4 is 28.9 Å². The molecule has 0 aliphatic carbocycles. The Morgan fingerprint density at radius 2 is 1.84 bits per heavy atom. The van der Waals surface area contributed by atoms with E-state index in [0.29, 0.717) is 22.5 Å². The fourth-order valence-electron chi connectivity index (χ4n) is 1.71. The van der Waals surface area contributed by atoms with Crippen LogP contribution in [0, 0.1) is 19.7 Å². The van der Waals surface area contributed by atoms with E-state index in [2.05, 4.69) is 20.6 Å². The van der Waals surface area contributed by atoms with Gasteiger partial charge in [0.15, 0.2) is 0 Å². The maximum absolute atomic E-state index is 13.7. The maximum atomic E-state index is 13.7. The third-order valence-corrected chi connectivity index (χ3v) is 2.91. The van der Waals surface area contributed by atoms with Crippen LogP contribution in [0.1, 0.15) is 11.4 Å². The Hall–Kier alpha value is -1.88. The topological polar surface area (TPSA) is 49.8 Å². The molecule has 0 amide bonds. The number of nitrogens with zero attached hydrogens (tertiary/aromatic N) is 2. The third-order valence-electron chi connectivity index (χ3n) is 2.68. The molecule has 1 aromatic heterocycles. The van der Waals surface area contributed by atoms with E-state index < -0.39 is 0 Å². The summed E-state index contributed by atoms with van der Waals surface area (Å²) >= 11 is 5.86. The summed E-state index contributed by atoms with van der Waals surface area (Å²) in [6.07, 6.45) is 0. The molecule has 2 rings (SSSR count). The van der Waals surface area contributed by atoms with Crippen molar-refractivity contribution in [2.24, 2.45) is 0 Å². The lowest BCUT2D eigenvalue weighted by Crippen LogP contribution is -2.06. The van der Waals surface area contributed by atoms with Gasteiger partial charge in [-0.05, 0) is 32.0 Å². The number of hydrogen-bond acceptors (Lipinski definition) is 4. The summed E-state index contributed by atoms with van der Waals surface area (Å²) in [6.45, 7) is 3.63. The lowest BCUT2D eigenvalue weighted by atomic mass is 10.2. The SMILES string of the molecule is CNc1nc(C)nc(Nc2cc(Cl)ccc2F)c1C. The minimum Gasteiger partial charge on any atom is -0.373 e. The van der Waals surface area contributed by atoms with Gasteiger partial charge in [-0.15, -0.1) is 0 Å². The smallest absolute Gasteiger partial charge is 0.146 e. The van der Waals surface area contributed by atoms with Crippen LogP contribution in [-0.4, -0.2) is 17.0 Å². The summed E-state index contributed by atoms with van der Waals surface area (Å²) in [4.78, 5) is 8.53. The van der Waals surface area contributed by atoms with E-state index in [-0.39, 0.29) is 11.5 Å². The molecule has 0 fully saturated rings. The van der Waals surface area contributed by atoms with Gasteiger partial charge in [-0.2, -0.15) is 0 Å². The average Bonchev–Trinajstić information content (AvgIpc) is 2.37. The Kier molecular flexibility index (Phi) is 3.85. The Bertz CT molecular complexity index is 616. The minimum absolute atomic E-state index is 0.288. The highest BCUT2D eigenvalue weighted by molar-refractivity contribution is 6.30. The second-order valence-corrected chi connectivity index (χ2v) is 4.53. The van der Waals surface area contributed by atoms with Crippen LogP contribution >= 0.6 is 11.6 Å². The molecular formula is C13H14ClFN4. The molecule has 0 unspecified atom stereocenters. The first-order valence-electron chi connectivity index (χ1n) is 5.76. The lowest BCUT2D eigenvalue weighted by Gasteiger charge is -2.13. The van der Waals surface area contributed by atoms with Crippen molar-refractivity contribution in [1.82, 2.24) is 9.97 Å². The lowest BCUT2D eigenvalue weighted by molar-refractivity contribution is 0.632. The molecule has 0 saturated carbocycles. The van der Waals surface area contributed by atoms with E-state index >= 15 is 0 Å². The second kappa shape index (κ2) is 5.40. The van der Waals surface area contributed by atoms with Crippen LogP contribution in [0.2, 0.25) is 5.02 Å². The Labute approximate surface area is 116 Å². The normalized spacial score (nSPS) is 10.4. The Morgan fingerprint density at radius 3 is 2.53 bits per heavy atom. The predicted molar refractivity (Wildman–Crippen MR) is 75.7 cm³/mol. The van der Waals surface area contributed by atoms with Gasteiger partial charge < -0.3 is 10.6 Å². The maximum Gasteiger partial charge on any atom is 0.146 e. The molecule has 0 aliphatic rings. The van der Waals surface area contributed by atoms with Crippen molar-refractivity contribution in [1.29, 1.82) is 0 Å². The molecule has 0 spiro atoms. The molecule has 2 N–H and O–H groups in total. The average molecular weight is 281 g/mol. The van der Waals surface area contributed by atoms with Crippen LogP contribution < -0.4 is 10.6 Å². The van der Waals surface area contributed by atoms with Crippen molar-refractivity contribution in [3.8, 4) is 0 Å². The molecule has 0 aliphatic heterocycles. The summed E-state index contributed by atoms with van der Waals surface area (Å²) in [5.74, 6) is 1.47. The van der Waals surface area contributed by atoms with Gasteiger partial charge in [-0.1, -0.05) is 11.6 Å². The van der Waals surface area contributed by atoms with Crippen molar-refractivity contribution in [3.05, 3.63) is 40.4 Å². The summed E-state index contributed by atoms with van der Waals surface area (Å²) in [5.41, 5.74) is 1.10. The molecule has 0 saturated heterocycles. The largest absolute Gasteiger partial charge is 0.373 e. The predicted octanol–water partition coefficient (Wildman–Crippen LogP) is 3.67. The number of rotatable bonds is 3. The summed E-state index contributed by atoms with van der Waals surface area (Å²) in [5, 5.41) is 6.38. The number of halogens is 2. The number of benzene rings is 1. The van der Waals surface area contributed by atoms with Crippen LogP contribution in [0.3, 0.4) is 0 Å². The molecule has 4 nitrogen and oxygen atoms in total. The number of aryl methyl sites for hydroxylation is 1. The second-order valence-electron chi connectivity index (χ2n) is 4.09. The van der Waals surface area contributed by atoms with E-state index in [1.807, 2.05) is 6.92 Å². The zero-order valence-corrected chi connectivity index (χ0v) is 11.6. The van der Waals surface area contributed by atoms with Gasteiger partial charge >= 0.3 is 0 Å². The first-order chi connectivity index (χ1) is 9.01. The number of hydrogen-bond donors (Lipinski definition) is 2. The van der Waals surface area contributed by atoms with Crippen molar-refractivity contribution in [2.45, 2.75) is 13.8 Å². The summed E-state index contributed by atoms with van der Waals surface area (Å²) in [6, 6.07) is 4.33. The van der Waals surface area contributed by atoms with Gasteiger partial charge in [-0.3, -0.25) is 0 Å². The summed E-state index contributed by atoms with van der Waals surface area (Å²) in [7, 11) is 1.78. The third kappa shape index (κ3) is 2.93. The number of aromatic nitrogens is 2. The molecule has 0 atom stereocenters. The fourth-order valence-corrected chi connectivity index (χ4v) is 1.89. The summed E-state index contributed by atoms with van der Waals surface area (Å²) < 4.78 is 13.7. The van der Waals surface area contributed by atoms with Gasteiger partial charge in [0.05, 0.1) is 5.69 Å². The molecule has 2 aromatic rings. The van der Waals surface area contributed by atoms with Crippen LogP contribution in [-0.2, 0) is 0 Å². The first-order valence-corrected chi connectivity index (χ1v) is 6.14. The van der Waals surface area contributed by atoms with E-state index in [4.69, 9.17) is 11.6 Å². The van der Waals surface area contributed by atoms with E-state index in [1.165, 1.54) is 18.2 Å². The van der Waals surface area contributed by atoms with Crippen LogP contribution in [0.5, 0.6) is 0 Å². The van der Waals surface area contributed by atoms with Gasteiger partial charge in [0.1, 0.15) is 23.3 Å².